The minimum Gasteiger partial charge on any atom is -0.353 e. The summed E-state index contributed by atoms with van der Waals surface area (Å²) < 4.78 is 0. The summed E-state index contributed by atoms with van der Waals surface area (Å²) in [5, 5.41) is 2.17. The van der Waals surface area contributed by atoms with Gasteiger partial charge in [-0.05, 0) is 25.1 Å². The van der Waals surface area contributed by atoms with E-state index >= 15 is 0 Å². The molecule has 0 bridgehead atoms. The maximum Gasteiger partial charge on any atom is 0.261 e. The van der Waals surface area contributed by atoms with Gasteiger partial charge < -0.3 is 4.98 Å². The van der Waals surface area contributed by atoms with E-state index in [1.807, 2.05) is 25.1 Å². The number of rotatable bonds is 2. The summed E-state index contributed by atoms with van der Waals surface area (Å²) in [5.74, 6) is 5.81. The second-order valence-corrected chi connectivity index (χ2v) is 7.04. The number of aromatic nitrogens is 2. The van der Waals surface area contributed by atoms with Gasteiger partial charge in [0.15, 0.2) is 0 Å². The number of amides is 2. The van der Waals surface area contributed by atoms with Crippen LogP contribution in [0.3, 0.4) is 0 Å². The van der Waals surface area contributed by atoms with Crippen molar-refractivity contribution in [1.29, 1.82) is 0 Å². The number of hydrogen-bond donors (Lipinski definition) is 1. The minimum absolute atomic E-state index is 0.247. The Hall–Kier alpha value is -3.91. The van der Waals surface area contributed by atoms with Crippen molar-refractivity contribution in [1.82, 2.24) is 14.9 Å². The first-order valence-electron chi connectivity index (χ1n) is 9.45. The number of benzene rings is 2. The standard InChI is InChI=1S/C24H17N3O2/c1-15-22-21(19-11-4-5-12-20(19)26-22)16(14-25-15)8-6-7-13-27-23(28)17-9-2-3-10-18(17)24(27)29/h2-5,9-12,14,26H,7,13H2,1H3. The third-order valence-corrected chi connectivity index (χ3v) is 5.29. The van der Waals surface area contributed by atoms with E-state index in [0.717, 1.165) is 33.1 Å². The fraction of sp³-hybridized carbons (Fsp3) is 0.125. The van der Waals surface area contributed by atoms with E-state index in [1.165, 1.54) is 4.90 Å². The zero-order valence-corrected chi connectivity index (χ0v) is 15.8. The lowest BCUT2D eigenvalue weighted by molar-refractivity contribution is 0.0658. The third-order valence-electron chi connectivity index (χ3n) is 5.29. The molecule has 1 aliphatic heterocycles. The maximum absolute atomic E-state index is 12.4. The average molecular weight is 379 g/mol. The molecule has 2 aromatic carbocycles. The number of pyridine rings is 1. The van der Waals surface area contributed by atoms with Gasteiger partial charge >= 0.3 is 0 Å². The van der Waals surface area contributed by atoms with Crippen LogP contribution in [-0.4, -0.2) is 33.2 Å². The smallest absolute Gasteiger partial charge is 0.261 e. The van der Waals surface area contributed by atoms with Crippen molar-refractivity contribution >= 4 is 33.6 Å². The Morgan fingerprint density at radius 2 is 1.69 bits per heavy atom. The van der Waals surface area contributed by atoms with Gasteiger partial charge in [0.25, 0.3) is 11.8 Å². The zero-order valence-electron chi connectivity index (χ0n) is 15.8. The Bertz CT molecular complexity index is 1340. The first-order valence-corrected chi connectivity index (χ1v) is 9.45. The molecule has 5 rings (SSSR count). The van der Waals surface area contributed by atoms with Crippen molar-refractivity contribution in [2.75, 3.05) is 6.54 Å². The van der Waals surface area contributed by atoms with Gasteiger partial charge in [0.05, 0.1) is 27.9 Å². The van der Waals surface area contributed by atoms with Gasteiger partial charge in [-0.1, -0.05) is 42.2 Å². The van der Waals surface area contributed by atoms with Crippen molar-refractivity contribution < 1.29 is 9.59 Å². The van der Waals surface area contributed by atoms with Crippen molar-refractivity contribution in [3.63, 3.8) is 0 Å². The number of aromatic amines is 1. The summed E-state index contributed by atoms with van der Waals surface area (Å²) in [6.07, 6.45) is 2.19. The molecule has 0 fully saturated rings. The first-order chi connectivity index (χ1) is 14.1. The van der Waals surface area contributed by atoms with E-state index in [4.69, 9.17) is 0 Å². The minimum atomic E-state index is -0.247. The van der Waals surface area contributed by atoms with Crippen LogP contribution in [0.5, 0.6) is 0 Å². The van der Waals surface area contributed by atoms with Gasteiger partial charge in [-0.15, -0.1) is 0 Å². The van der Waals surface area contributed by atoms with Crippen LogP contribution < -0.4 is 0 Å². The van der Waals surface area contributed by atoms with Crippen molar-refractivity contribution in [3.05, 3.63) is 77.1 Å². The van der Waals surface area contributed by atoms with E-state index in [2.05, 4.69) is 27.9 Å². The van der Waals surface area contributed by atoms with Gasteiger partial charge in [0, 0.05) is 35.5 Å². The Labute approximate surface area is 167 Å². The Morgan fingerprint density at radius 3 is 2.45 bits per heavy atom. The summed E-state index contributed by atoms with van der Waals surface area (Å²) >= 11 is 0. The predicted octanol–water partition coefficient (Wildman–Crippen LogP) is 4.06. The van der Waals surface area contributed by atoms with E-state index in [0.29, 0.717) is 17.5 Å². The molecule has 1 aliphatic rings. The summed E-state index contributed by atoms with van der Waals surface area (Å²) in [7, 11) is 0. The summed E-state index contributed by atoms with van der Waals surface area (Å²) in [4.78, 5) is 34.0. The number of nitrogens with one attached hydrogen (secondary N) is 1. The van der Waals surface area contributed by atoms with Crippen LogP contribution in [0.2, 0.25) is 0 Å². The summed E-state index contributed by atoms with van der Waals surface area (Å²) in [5.41, 5.74) is 4.73. The number of carbonyl (C=O) groups is 2. The number of aryl methyl sites for hydroxylation is 1. The van der Waals surface area contributed by atoms with Gasteiger partial charge in [0.2, 0.25) is 0 Å². The molecule has 0 aliphatic carbocycles. The zero-order chi connectivity index (χ0) is 20.0. The molecule has 0 saturated heterocycles. The lowest BCUT2D eigenvalue weighted by Crippen LogP contribution is -2.30. The fourth-order valence-corrected chi connectivity index (χ4v) is 3.85. The molecular formula is C24H17N3O2. The number of hydrogen-bond acceptors (Lipinski definition) is 3. The Balaban J connectivity index is 1.42. The largest absolute Gasteiger partial charge is 0.353 e. The highest BCUT2D eigenvalue weighted by Crippen LogP contribution is 2.29. The van der Waals surface area contributed by atoms with Crippen LogP contribution >= 0.6 is 0 Å². The maximum atomic E-state index is 12.4. The molecule has 1 N–H and O–H groups in total. The second-order valence-electron chi connectivity index (χ2n) is 7.04. The van der Waals surface area contributed by atoms with E-state index in [1.54, 1.807) is 30.5 Å². The van der Waals surface area contributed by atoms with E-state index in [9.17, 15) is 9.59 Å². The highest BCUT2D eigenvalue weighted by Gasteiger charge is 2.34. The van der Waals surface area contributed by atoms with Gasteiger partial charge in [-0.25, -0.2) is 0 Å². The van der Waals surface area contributed by atoms with Crippen LogP contribution in [0, 0.1) is 18.8 Å². The molecule has 0 spiro atoms. The monoisotopic (exact) mass is 379 g/mol. The van der Waals surface area contributed by atoms with Crippen LogP contribution in [0.25, 0.3) is 21.8 Å². The molecule has 2 amide bonds. The molecule has 0 unspecified atom stereocenters. The van der Waals surface area contributed by atoms with E-state index in [-0.39, 0.29) is 18.4 Å². The van der Waals surface area contributed by atoms with Crippen LogP contribution in [0.4, 0.5) is 0 Å². The Kier molecular flexibility index (Phi) is 3.92. The summed E-state index contributed by atoms with van der Waals surface area (Å²) in [6, 6.07) is 15.0. The molecular weight excluding hydrogens is 362 g/mol. The number of H-pyrrole nitrogens is 1. The lowest BCUT2D eigenvalue weighted by atomic mass is 10.1. The van der Waals surface area contributed by atoms with Crippen LogP contribution in [0.1, 0.15) is 38.4 Å². The second kappa shape index (κ2) is 6.61. The number of fused-ring (bicyclic) bond motifs is 4. The molecule has 3 heterocycles. The van der Waals surface area contributed by atoms with Crippen LogP contribution in [0.15, 0.2) is 54.7 Å². The van der Waals surface area contributed by atoms with Gasteiger partial charge in [-0.3, -0.25) is 19.5 Å². The quantitative estimate of drug-likeness (QED) is 0.422. The number of imide groups is 1. The molecule has 5 nitrogen and oxygen atoms in total. The highest BCUT2D eigenvalue weighted by molar-refractivity contribution is 6.21. The number of nitrogens with zero attached hydrogens (tertiary/aromatic N) is 2. The van der Waals surface area contributed by atoms with Gasteiger partial charge in [-0.2, -0.15) is 0 Å². The number of carbonyl (C=O) groups excluding carboxylic acids is 2. The molecule has 140 valence electrons. The lowest BCUT2D eigenvalue weighted by Gasteiger charge is -2.11. The molecule has 4 aromatic rings. The Morgan fingerprint density at radius 1 is 1.00 bits per heavy atom. The fourth-order valence-electron chi connectivity index (χ4n) is 3.85. The first kappa shape index (κ1) is 17.2. The summed E-state index contributed by atoms with van der Waals surface area (Å²) in [6.45, 7) is 2.24. The van der Waals surface area contributed by atoms with E-state index < -0.39 is 0 Å². The molecule has 5 heteroatoms. The third kappa shape index (κ3) is 2.69. The number of para-hydroxylation sites is 1. The highest BCUT2D eigenvalue weighted by atomic mass is 16.2. The normalized spacial score (nSPS) is 13.1. The molecule has 2 aromatic heterocycles. The van der Waals surface area contributed by atoms with Crippen molar-refractivity contribution in [2.24, 2.45) is 0 Å². The molecule has 0 saturated carbocycles. The molecule has 0 radical (unpaired) electrons. The topological polar surface area (TPSA) is 66.1 Å². The molecule has 0 atom stereocenters. The van der Waals surface area contributed by atoms with Crippen LogP contribution in [-0.2, 0) is 0 Å². The van der Waals surface area contributed by atoms with Crippen molar-refractivity contribution in [2.45, 2.75) is 13.3 Å². The molecule has 29 heavy (non-hydrogen) atoms. The predicted molar refractivity (Wildman–Crippen MR) is 112 cm³/mol. The SMILES string of the molecule is Cc1ncc(C#CCCN2C(=O)c3ccccc3C2=O)c2c1[nH]c1ccccc12. The van der Waals surface area contributed by atoms with Gasteiger partial charge in [0.1, 0.15) is 0 Å². The van der Waals surface area contributed by atoms with Crippen molar-refractivity contribution in [3.8, 4) is 11.8 Å². The average Bonchev–Trinajstić information content (AvgIpc) is 3.25.